The molecule has 25 heavy (non-hydrogen) atoms. The number of carbonyl (C=O) groups is 1. The van der Waals surface area contributed by atoms with Gasteiger partial charge in [-0.1, -0.05) is 37.3 Å². The summed E-state index contributed by atoms with van der Waals surface area (Å²) in [6.07, 6.45) is 2.37. The van der Waals surface area contributed by atoms with Crippen LogP contribution in [0.4, 0.5) is 0 Å². The van der Waals surface area contributed by atoms with Gasteiger partial charge in [0.25, 0.3) is 5.91 Å². The predicted molar refractivity (Wildman–Crippen MR) is 98.0 cm³/mol. The van der Waals surface area contributed by atoms with Crippen LogP contribution in [0.2, 0.25) is 0 Å². The molecule has 0 radical (unpaired) electrons. The Morgan fingerprint density at radius 1 is 1.24 bits per heavy atom. The normalized spacial score (nSPS) is 11.1. The highest BCUT2D eigenvalue weighted by molar-refractivity contribution is 5.99. The number of fused-ring (bicyclic) bond motifs is 1. The van der Waals surface area contributed by atoms with E-state index in [4.69, 9.17) is 9.15 Å². The average Bonchev–Trinajstić information content (AvgIpc) is 2.98. The van der Waals surface area contributed by atoms with Gasteiger partial charge in [-0.25, -0.2) is 5.43 Å². The quantitative estimate of drug-likeness (QED) is 0.549. The summed E-state index contributed by atoms with van der Waals surface area (Å²) in [5.41, 5.74) is 5.27. The first kappa shape index (κ1) is 16.8. The lowest BCUT2D eigenvalue weighted by Crippen LogP contribution is -2.24. The summed E-state index contributed by atoms with van der Waals surface area (Å²) >= 11 is 0. The third-order valence-corrected chi connectivity index (χ3v) is 3.77. The number of carbonyl (C=O) groups excluding carboxylic acids is 1. The van der Waals surface area contributed by atoms with Crippen LogP contribution in [-0.4, -0.2) is 18.7 Å². The van der Waals surface area contributed by atoms with E-state index in [0.29, 0.717) is 5.75 Å². The molecule has 1 aromatic heterocycles. The van der Waals surface area contributed by atoms with Gasteiger partial charge in [0, 0.05) is 17.4 Å². The van der Waals surface area contributed by atoms with Gasteiger partial charge in [0.05, 0.1) is 6.21 Å². The minimum absolute atomic E-state index is 0.0897. The summed E-state index contributed by atoms with van der Waals surface area (Å²) < 4.78 is 11.2. The third kappa shape index (κ3) is 4.07. The predicted octanol–water partition coefficient (Wildman–Crippen LogP) is 3.83. The van der Waals surface area contributed by atoms with Crippen molar-refractivity contribution in [1.29, 1.82) is 0 Å². The van der Waals surface area contributed by atoms with Crippen LogP contribution in [0.3, 0.4) is 0 Å². The molecule has 0 saturated heterocycles. The molecular weight excluding hydrogens is 316 g/mol. The van der Waals surface area contributed by atoms with Gasteiger partial charge < -0.3 is 9.15 Å². The molecular formula is C20H20N2O3. The molecule has 0 unspecified atom stereocenters. The van der Waals surface area contributed by atoms with E-state index in [1.165, 1.54) is 0 Å². The number of hydrogen-bond donors (Lipinski definition) is 1. The first-order valence-electron chi connectivity index (χ1n) is 8.19. The number of para-hydroxylation sites is 1. The van der Waals surface area contributed by atoms with Crippen molar-refractivity contribution in [3.8, 4) is 5.75 Å². The number of furan rings is 1. The molecule has 0 fully saturated rings. The maximum Gasteiger partial charge on any atom is 0.277 e. The van der Waals surface area contributed by atoms with Crippen LogP contribution in [0.25, 0.3) is 11.0 Å². The lowest BCUT2D eigenvalue weighted by Gasteiger charge is -2.05. The van der Waals surface area contributed by atoms with E-state index in [1.807, 2.05) is 62.4 Å². The van der Waals surface area contributed by atoms with Crippen molar-refractivity contribution in [2.45, 2.75) is 20.3 Å². The second kappa shape index (κ2) is 7.66. The van der Waals surface area contributed by atoms with Gasteiger partial charge in [-0.3, -0.25) is 4.79 Å². The Balaban J connectivity index is 1.62. The van der Waals surface area contributed by atoms with Gasteiger partial charge in [-0.2, -0.15) is 5.10 Å². The number of aryl methyl sites for hydroxylation is 2. The molecule has 3 rings (SSSR count). The molecule has 5 heteroatoms. The molecule has 0 atom stereocenters. The van der Waals surface area contributed by atoms with E-state index in [2.05, 4.69) is 10.5 Å². The highest BCUT2D eigenvalue weighted by Gasteiger charge is 2.10. The topological polar surface area (TPSA) is 63.8 Å². The fourth-order valence-corrected chi connectivity index (χ4v) is 2.58. The summed E-state index contributed by atoms with van der Waals surface area (Å²) in [5.74, 6) is 1.19. The summed E-state index contributed by atoms with van der Waals surface area (Å²) in [7, 11) is 0. The molecule has 0 aliphatic rings. The van der Waals surface area contributed by atoms with Crippen LogP contribution < -0.4 is 10.2 Å². The lowest BCUT2D eigenvalue weighted by atomic mass is 10.1. The number of nitrogens with zero attached hydrogens (tertiary/aromatic N) is 1. The van der Waals surface area contributed by atoms with Crippen molar-refractivity contribution in [2.75, 3.05) is 6.61 Å². The number of benzene rings is 2. The summed E-state index contributed by atoms with van der Waals surface area (Å²) in [6.45, 7) is 3.90. The molecule has 0 bridgehead atoms. The van der Waals surface area contributed by atoms with Crippen molar-refractivity contribution in [1.82, 2.24) is 5.43 Å². The van der Waals surface area contributed by atoms with E-state index >= 15 is 0 Å². The Hall–Kier alpha value is -3.08. The average molecular weight is 336 g/mol. The van der Waals surface area contributed by atoms with Crippen LogP contribution in [0, 0.1) is 6.92 Å². The summed E-state index contributed by atoms with van der Waals surface area (Å²) in [6, 6.07) is 15.3. The van der Waals surface area contributed by atoms with Crippen LogP contribution >= 0.6 is 0 Å². The molecule has 1 heterocycles. The summed E-state index contributed by atoms with van der Waals surface area (Å²) in [4.78, 5) is 11.9. The minimum atomic E-state index is -0.316. The van der Waals surface area contributed by atoms with Crippen LogP contribution in [-0.2, 0) is 11.2 Å². The van der Waals surface area contributed by atoms with Crippen molar-refractivity contribution < 1.29 is 13.9 Å². The van der Waals surface area contributed by atoms with Crippen molar-refractivity contribution in [3.63, 3.8) is 0 Å². The zero-order chi connectivity index (χ0) is 17.6. The Morgan fingerprint density at radius 2 is 2.08 bits per heavy atom. The molecule has 0 aliphatic carbocycles. The second-order valence-electron chi connectivity index (χ2n) is 5.69. The van der Waals surface area contributed by atoms with Gasteiger partial charge in [0.15, 0.2) is 6.61 Å². The molecule has 128 valence electrons. The monoisotopic (exact) mass is 336 g/mol. The SMILES string of the molecule is CCc1oc2ccccc2c1/C=N\NC(=O)COc1cccc(C)c1. The third-order valence-electron chi connectivity index (χ3n) is 3.77. The Morgan fingerprint density at radius 3 is 2.88 bits per heavy atom. The number of ether oxygens (including phenoxy) is 1. The number of hydrazone groups is 1. The van der Waals surface area contributed by atoms with E-state index < -0.39 is 0 Å². The van der Waals surface area contributed by atoms with Gasteiger partial charge in [-0.15, -0.1) is 0 Å². The van der Waals surface area contributed by atoms with Gasteiger partial charge in [0.2, 0.25) is 0 Å². The molecule has 5 nitrogen and oxygen atoms in total. The van der Waals surface area contributed by atoms with Crippen molar-refractivity contribution in [3.05, 3.63) is 65.4 Å². The van der Waals surface area contributed by atoms with Crippen LogP contribution in [0.1, 0.15) is 23.8 Å². The van der Waals surface area contributed by atoms with Gasteiger partial charge in [-0.05, 0) is 30.7 Å². The van der Waals surface area contributed by atoms with Gasteiger partial charge in [0.1, 0.15) is 17.1 Å². The van der Waals surface area contributed by atoms with E-state index in [0.717, 1.165) is 34.3 Å². The molecule has 0 saturated carbocycles. The second-order valence-corrected chi connectivity index (χ2v) is 5.69. The van der Waals surface area contributed by atoms with Crippen molar-refractivity contribution in [2.24, 2.45) is 5.10 Å². The first-order chi connectivity index (χ1) is 12.2. The first-order valence-corrected chi connectivity index (χ1v) is 8.19. The molecule has 2 aromatic carbocycles. The highest BCUT2D eigenvalue weighted by Crippen LogP contribution is 2.24. The number of rotatable bonds is 6. The minimum Gasteiger partial charge on any atom is -0.484 e. The number of hydrogen-bond acceptors (Lipinski definition) is 4. The van der Waals surface area contributed by atoms with Crippen LogP contribution in [0.15, 0.2) is 58.0 Å². The highest BCUT2D eigenvalue weighted by atomic mass is 16.5. The Bertz CT molecular complexity index is 912. The van der Waals surface area contributed by atoms with Gasteiger partial charge >= 0.3 is 0 Å². The molecule has 0 aliphatic heterocycles. The zero-order valence-corrected chi connectivity index (χ0v) is 14.3. The van der Waals surface area contributed by atoms with Crippen molar-refractivity contribution >= 4 is 23.1 Å². The maximum atomic E-state index is 11.9. The van der Waals surface area contributed by atoms with E-state index in [-0.39, 0.29) is 12.5 Å². The molecule has 0 spiro atoms. The Kier molecular flexibility index (Phi) is 5.14. The van der Waals surface area contributed by atoms with E-state index in [9.17, 15) is 4.79 Å². The van der Waals surface area contributed by atoms with E-state index in [1.54, 1.807) is 6.21 Å². The molecule has 3 aromatic rings. The Labute approximate surface area is 146 Å². The standard InChI is InChI=1S/C20H20N2O3/c1-3-18-17(16-9-4-5-10-19(16)25-18)12-21-22-20(23)13-24-15-8-6-7-14(2)11-15/h4-12H,3,13H2,1-2H3,(H,22,23)/b21-12-. The summed E-state index contributed by atoms with van der Waals surface area (Å²) in [5, 5.41) is 5.02. The fraction of sp³-hybridized carbons (Fsp3) is 0.200. The van der Waals surface area contributed by atoms with Crippen LogP contribution in [0.5, 0.6) is 5.75 Å². The molecule has 1 amide bonds. The number of nitrogens with one attached hydrogen (secondary N) is 1. The number of amides is 1. The fourth-order valence-electron chi connectivity index (χ4n) is 2.58. The molecule has 1 N–H and O–H groups in total. The largest absolute Gasteiger partial charge is 0.484 e. The maximum absolute atomic E-state index is 11.9. The lowest BCUT2D eigenvalue weighted by molar-refractivity contribution is -0.123. The smallest absolute Gasteiger partial charge is 0.277 e. The zero-order valence-electron chi connectivity index (χ0n) is 14.3.